The molecule has 5 nitrogen and oxygen atoms in total. The largest absolute Gasteiger partial charge is 0.493 e. The van der Waals surface area contributed by atoms with E-state index < -0.39 is 5.91 Å². The Balaban J connectivity index is 1.84. The van der Waals surface area contributed by atoms with Crippen molar-refractivity contribution in [2.75, 3.05) is 12.4 Å². The lowest BCUT2D eigenvalue weighted by Gasteiger charge is -2.14. The summed E-state index contributed by atoms with van der Waals surface area (Å²) in [6.45, 7) is 6.43. The second-order valence-corrected chi connectivity index (χ2v) is 8.92. The molecule has 0 aliphatic rings. The summed E-state index contributed by atoms with van der Waals surface area (Å²) in [5, 5.41) is 12.4. The zero-order chi connectivity index (χ0) is 24.0. The highest BCUT2D eigenvalue weighted by atomic mass is 127. The number of nitrogens with zero attached hydrogens (tertiary/aromatic N) is 1. The molecule has 0 saturated heterocycles. The van der Waals surface area contributed by atoms with Gasteiger partial charge in [-0.1, -0.05) is 47.5 Å². The summed E-state index contributed by atoms with van der Waals surface area (Å²) in [6, 6.07) is 19.4. The van der Waals surface area contributed by atoms with Crippen molar-refractivity contribution in [1.82, 2.24) is 0 Å². The van der Waals surface area contributed by atoms with Gasteiger partial charge in [0.05, 0.1) is 10.7 Å². The fourth-order valence-electron chi connectivity index (χ4n) is 3.49. The molecule has 1 N–H and O–H groups in total. The van der Waals surface area contributed by atoms with E-state index in [2.05, 4.69) is 60.0 Å². The van der Waals surface area contributed by atoms with Gasteiger partial charge in [0.1, 0.15) is 18.2 Å². The Morgan fingerprint density at radius 2 is 1.79 bits per heavy atom. The first-order valence-corrected chi connectivity index (χ1v) is 11.4. The van der Waals surface area contributed by atoms with Crippen LogP contribution in [0.1, 0.15) is 27.8 Å². The van der Waals surface area contributed by atoms with Gasteiger partial charge in [-0.25, -0.2) is 0 Å². The average Bonchev–Trinajstić information content (AvgIpc) is 2.77. The molecule has 0 aliphatic heterocycles. The second-order valence-electron chi connectivity index (χ2n) is 7.76. The molecule has 0 aliphatic carbocycles. The molecule has 3 aromatic rings. The Labute approximate surface area is 208 Å². The average molecular weight is 552 g/mol. The Morgan fingerprint density at radius 1 is 1.09 bits per heavy atom. The number of nitriles is 1. The van der Waals surface area contributed by atoms with E-state index in [0.717, 1.165) is 14.7 Å². The van der Waals surface area contributed by atoms with Crippen molar-refractivity contribution < 1.29 is 14.3 Å². The number of carbonyl (C=O) groups is 1. The van der Waals surface area contributed by atoms with Gasteiger partial charge in [0.25, 0.3) is 5.91 Å². The molecule has 0 atom stereocenters. The van der Waals surface area contributed by atoms with Crippen LogP contribution in [0.4, 0.5) is 5.69 Å². The predicted molar refractivity (Wildman–Crippen MR) is 139 cm³/mol. The van der Waals surface area contributed by atoms with Gasteiger partial charge in [-0.3, -0.25) is 4.79 Å². The van der Waals surface area contributed by atoms with Crippen LogP contribution in [-0.2, 0) is 11.4 Å². The molecule has 0 fully saturated rings. The number of para-hydroxylation sites is 1. The highest BCUT2D eigenvalue weighted by Crippen LogP contribution is 2.35. The van der Waals surface area contributed by atoms with E-state index >= 15 is 0 Å². The van der Waals surface area contributed by atoms with Crippen molar-refractivity contribution in [3.05, 3.63) is 91.6 Å². The molecular formula is C27H25IN2O3. The maximum absolute atomic E-state index is 12.7. The third-order valence-electron chi connectivity index (χ3n) is 4.99. The van der Waals surface area contributed by atoms with Crippen molar-refractivity contribution >= 4 is 40.3 Å². The van der Waals surface area contributed by atoms with E-state index in [-0.39, 0.29) is 5.57 Å². The van der Waals surface area contributed by atoms with Gasteiger partial charge in [0.15, 0.2) is 11.5 Å². The van der Waals surface area contributed by atoms with E-state index in [1.54, 1.807) is 25.3 Å². The third kappa shape index (κ3) is 6.36. The van der Waals surface area contributed by atoms with E-state index in [1.165, 1.54) is 11.1 Å². The summed E-state index contributed by atoms with van der Waals surface area (Å²) in [7, 11) is 1.57. The van der Waals surface area contributed by atoms with Crippen molar-refractivity contribution in [2.24, 2.45) is 0 Å². The van der Waals surface area contributed by atoms with Crippen LogP contribution in [0.5, 0.6) is 11.5 Å². The number of nitrogens with one attached hydrogen (secondary N) is 1. The molecule has 0 aromatic heterocycles. The first kappa shape index (κ1) is 24.3. The zero-order valence-electron chi connectivity index (χ0n) is 19.0. The summed E-state index contributed by atoms with van der Waals surface area (Å²) in [5.41, 5.74) is 5.71. The van der Waals surface area contributed by atoms with Crippen molar-refractivity contribution in [3.8, 4) is 17.6 Å². The first-order valence-electron chi connectivity index (χ1n) is 10.4. The fourth-order valence-corrected chi connectivity index (χ4v) is 4.27. The van der Waals surface area contributed by atoms with E-state index in [9.17, 15) is 10.1 Å². The molecule has 0 radical (unpaired) electrons. The van der Waals surface area contributed by atoms with Crippen LogP contribution >= 0.6 is 22.6 Å². The summed E-state index contributed by atoms with van der Waals surface area (Å²) < 4.78 is 12.4. The summed E-state index contributed by atoms with van der Waals surface area (Å²) >= 11 is 2.17. The lowest BCUT2D eigenvalue weighted by molar-refractivity contribution is -0.112. The van der Waals surface area contributed by atoms with Crippen LogP contribution in [0.25, 0.3) is 6.08 Å². The molecule has 0 heterocycles. The van der Waals surface area contributed by atoms with Crippen molar-refractivity contribution in [3.63, 3.8) is 0 Å². The van der Waals surface area contributed by atoms with Crippen LogP contribution in [-0.4, -0.2) is 13.0 Å². The number of amides is 1. The number of rotatable bonds is 7. The second kappa shape index (κ2) is 11.0. The number of anilines is 1. The Kier molecular flexibility index (Phi) is 8.12. The Bertz CT molecular complexity index is 1240. The van der Waals surface area contributed by atoms with Gasteiger partial charge in [-0.15, -0.1) is 0 Å². The first-order chi connectivity index (χ1) is 15.8. The minimum atomic E-state index is -0.462. The van der Waals surface area contributed by atoms with E-state index in [1.807, 2.05) is 37.3 Å². The van der Waals surface area contributed by atoms with Gasteiger partial charge in [0, 0.05) is 5.69 Å². The SMILES string of the molecule is COc1cc(/C=C(\C#N)C(=O)Nc2ccccc2C)cc(I)c1OCc1cc(C)cc(C)c1. The number of hydrogen-bond acceptors (Lipinski definition) is 4. The molecule has 0 spiro atoms. The van der Waals surface area contributed by atoms with E-state index in [0.29, 0.717) is 29.4 Å². The van der Waals surface area contributed by atoms with Crippen LogP contribution in [0.3, 0.4) is 0 Å². The van der Waals surface area contributed by atoms with Gasteiger partial charge in [0.2, 0.25) is 0 Å². The van der Waals surface area contributed by atoms with E-state index in [4.69, 9.17) is 9.47 Å². The number of carbonyl (C=O) groups excluding carboxylic acids is 1. The standard InChI is InChI=1S/C27H25IN2O3/c1-17-9-18(2)11-21(10-17)16-33-26-23(28)13-20(14-25(26)32-4)12-22(15-29)27(31)30-24-8-6-5-7-19(24)3/h5-14H,16H2,1-4H3,(H,30,31)/b22-12+. The molecule has 33 heavy (non-hydrogen) atoms. The number of ether oxygens (including phenoxy) is 2. The Hall–Kier alpha value is -3.31. The third-order valence-corrected chi connectivity index (χ3v) is 5.79. The quantitative estimate of drug-likeness (QED) is 0.211. The van der Waals surface area contributed by atoms with Crippen molar-refractivity contribution in [1.29, 1.82) is 5.26 Å². The summed E-state index contributed by atoms with van der Waals surface area (Å²) in [4.78, 5) is 12.7. The van der Waals surface area contributed by atoms with Crippen LogP contribution in [0, 0.1) is 35.7 Å². The number of hydrogen-bond donors (Lipinski definition) is 1. The molecule has 0 unspecified atom stereocenters. The number of aryl methyl sites for hydroxylation is 3. The smallest absolute Gasteiger partial charge is 0.266 e. The molecule has 168 valence electrons. The van der Waals surface area contributed by atoms with Gasteiger partial charge >= 0.3 is 0 Å². The zero-order valence-corrected chi connectivity index (χ0v) is 21.2. The topological polar surface area (TPSA) is 71.3 Å². The molecule has 3 aromatic carbocycles. The summed E-state index contributed by atoms with van der Waals surface area (Å²) in [5.74, 6) is 0.697. The Morgan fingerprint density at radius 3 is 2.42 bits per heavy atom. The van der Waals surface area contributed by atoms with Crippen LogP contribution in [0.2, 0.25) is 0 Å². The number of benzene rings is 3. The molecular weight excluding hydrogens is 527 g/mol. The number of methoxy groups -OCH3 is 1. The highest BCUT2D eigenvalue weighted by Gasteiger charge is 2.15. The molecule has 0 saturated carbocycles. The minimum Gasteiger partial charge on any atom is -0.493 e. The molecule has 0 bridgehead atoms. The molecule has 3 rings (SSSR count). The lowest BCUT2D eigenvalue weighted by atomic mass is 10.1. The number of halogens is 1. The minimum absolute atomic E-state index is 0.00000968. The maximum atomic E-state index is 12.7. The van der Waals surface area contributed by atoms with Crippen molar-refractivity contribution in [2.45, 2.75) is 27.4 Å². The fraction of sp³-hybridized carbons (Fsp3) is 0.185. The molecule has 1 amide bonds. The molecule has 6 heteroatoms. The lowest BCUT2D eigenvalue weighted by Crippen LogP contribution is -2.14. The normalized spacial score (nSPS) is 11.0. The van der Waals surface area contributed by atoms with Gasteiger partial charge in [-0.2, -0.15) is 5.26 Å². The summed E-state index contributed by atoms with van der Waals surface area (Å²) in [6.07, 6.45) is 1.55. The van der Waals surface area contributed by atoms with Gasteiger partial charge in [-0.05, 0) is 84.3 Å². The monoisotopic (exact) mass is 552 g/mol. The van der Waals surface area contributed by atoms with Crippen LogP contribution in [0.15, 0.2) is 60.2 Å². The highest BCUT2D eigenvalue weighted by molar-refractivity contribution is 14.1. The maximum Gasteiger partial charge on any atom is 0.266 e. The predicted octanol–water partition coefficient (Wildman–Crippen LogP) is 6.35. The van der Waals surface area contributed by atoms with Crippen LogP contribution < -0.4 is 14.8 Å². The van der Waals surface area contributed by atoms with Gasteiger partial charge < -0.3 is 14.8 Å².